The van der Waals surface area contributed by atoms with Crippen molar-refractivity contribution in [2.75, 3.05) is 0 Å². The van der Waals surface area contributed by atoms with Gasteiger partial charge in [-0.05, 0) is 44.2 Å². The molecule has 0 N–H and O–H groups in total. The maximum atomic E-state index is 6.38. The van der Waals surface area contributed by atoms with Gasteiger partial charge in [0.15, 0.2) is 0 Å². The summed E-state index contributed by atoms with van der Waals surface area (Å²) in [6, 6.07) is 18.7. The highest BCUT2D eigenvalue weighted by Crippen LogP contribution is 2.48. The molecule has 0 radical (unpaired) electrons. The predicted molar refractivity (Wildman–Crippen MR) is 108 cm³/mol. The largest absolute Gasteiger partial charge is 0.464 e. The fourth-order valence-corrected chi connectivity index (χ4v) is 4.13. The normalized spacial score (nSPS) is 20.7. The molecular formula is C22H19BrN2O2. The number of hydrazone groups is 1. The van der Waals surface area contributed by atoms with Gasteiger partial charge in [0.1, 0.15) is 23.0 Å². The Balaban J connectivity index is 1.60. The molecule has 2 atom stereocenters. The first-order valence-electron chi connectivity index (χ1n) is 9.04. The van der Waals surface area contributed by atoms with E-state index in [1.54, 1.807) is 0 Å². The van der Waals surface area contributed by atoms with Gasteiger partial charge in [-0.15, -0.1) is 0 Å². The van der Waals surface area contributed by atoms with Gasteiger partial charge in [-0.25, -0.2) is 5.01 Å². The smallest absolute Gasteiger partial charge is 0.213 e. The monoisotopic (exact) mass is 422 g/mol. The van der Waals surface area contributed by atoms with Crippen LogP contribution in [0.25, 0.3) is 0 Å². The van der Waals surface area contributed by atoms with Crippen molar-refractivity contribution < 1.29 is 9.15 Å². The Kier molecular flexibility index (Phi) is 3.86. The Morgan fingerprint density at radius 3 is 2.59 bits per heavy atom. The summed E-state index contributed by atoms with van der Waals surface area (Å²) in [4.78, 5) is 0. The van der Waals surface area contributed by atoms with Gasteiger partial charge in [0, 0.05) is 22.0 Å². The van der Waals surface area contributed by atoms with E-state index in [-0.39, 0.29) is 12.3 Å². The third kappa shape index (κ3) is 2.86. The molecule has 0 bridgehead atoms. The number of halogens is 1. The third-order valence-corrected chi connectivity index (χ3v) is 5.63. The Labute approximate surface area is 166 Å². The Hall–Kier alpha value is -2.53. The van der Waals surface area contributed by atoms with Crippen LogP contribution >= 0.6 is 15.9 Å². The van der Waals surface area contributed by atoms with Gasteiger partial charge in [-0.1, -0.05) is 45.8 Å². The van der Waals surface area contributed by atoms with Crippen LogP contribution in [0.1, 0.15) is 46.9 Å². The summed E-state index contributed by atoms with van der Waals surface area (Å²) < 4.78 is 13.3. The lowest BCUT2D eigenvalue weighted by Crippen LogP contribution is -2.33. The van der Waals surface area contributed by atoms with Crippen LogP contribution in [0.2, 0.25) is 0 Å². The number of hydrogen-bond donors (Lipinski definition) is 0. The number of benzene rings is 2. The number of rotatable bonds is 2. The number of aryl methyl sites for hydroxylation is 2. The van der Waals surface area contributed by atoms with Crippen LogP contribution in [-0.2, 0) is 0 Å². The van der Waals surface area contributed by atoms with E-state index in [9.17, 15) is 0 Å². The minimum absolute atomic E-state index is 0.123. The zero-order valence-corrected chi connectivity index (χ0v) is 16.7. The van der Waals surface area contributed by atoms with Gasteiger partial charge < -0.3 is 9.15 Å². The van der Waals surface area contributed by atoms with Crippen LogP contribution in [0.5, 0.6) is 5.75 Å². The molecule has 0 fully saturated rings. The van der Waals surface area contributed by atoms with Crippen LogP contribution in [-0.4, -0.2) is 10.7 Å². The van der Waals surface area contributed by atoms with Gasteiger partial charge in [-0.3, -0.25) is 0 Å². The van der Waals surface area contributed by atoms with Crippen molar-refractivity contribution in [3.63, 3.8) is 0 Å². The second-order valence-corrected chi connectivity index (χ2v) is 8.04. The van der Waals surface area contributed by atoms with Crippen LogP contribution in [0.3, 0.4) is 0 Å². The van der Waals surface area contributed by atoms with Crippen LogP contribution in [0, 0.1) is 13.8 Å². The number of ether oxygens (including phenoxy) is 1. The Morgan fingerprint density at radius 2 is 1.85 bits per heavy atom. The standard InChI is InChI=1S/C22H19BrN2O2/c1-13-3-6-15(7-4-13)22-25-19(17-11-16(23)8-10-20(17)27-22)12-18(24-25)21-9-5-14(2)26-21/h3-11,19,22H,12H2,1-2H3/t19-,22-/m1/s1. The average molecular weight is 423 g/mol. The second kappa shape index (κ2) is 6.27. The van der Waals surface area contributed by atoms with Gasteiger partial charge in [0.2, 0.25) is 6.23 Å². The van der Waals surface area contributed by atoms with E-state index < -0.39 is 0 Å². The van der Waals surface area contributed by atoms with Crippen molar-refractivity contribution in [2.24, 2.45) is 5.10 Å². The molecule has 3 heterocycles. The Bertz CT molecular complexity index is 1040. The highest BCUT2D eigenvalue weighted by Gasteiger charge is 2.41. The minimum atomic E-state index is -0.252. The van der Waals surface area contributed by atoms with Crippen LogP contribution in [0.4, 0.5) is 0 Å². The molecule has 2 aromatic carbocycles. The summed E-state index contributed by atoms with van der Waals surface area (Å²) >= 11 is 3.59. The molecule has 27 heavy (non-hydrogen) atoms. The van der Waals surface area contributed by atoms with Crippen molar-refractivity contribution in [2.45, 2.75) is 32.5 Å². The molecule has 5 rings (SSSR count). The van der Waals surface area contributed by atoms with Gasteiger partial charge in [0.25, 0.3) is 0 Å². The molecule has 3 aromatic rings. The summed E-state index contributed by atoms with van der Waals surface area (Å²) in [7, 11) is 0. The maximum absolute atomic E-state index is 6.38. The summed E-state index contributed by atoms with van der Waals surface area (Å²) in [6.45, 7) is 4.05. The lowest BCUT2D eigenvalue weighted by atomic mass is 9.97. The lowest BCUT2D eigenvalue weighted by molar-refractivity contribution is -0.0190. The highest BCUT2D eigenvalue weighted by molar-refractivity contribution is 9.10. The van der Waals surface area contributed by atoms with Crippen molar-refractivity contribution in [3.8, 4) is 5.75 Å². The molecule has 0 spiro atoms. The number of nitrogens with zero attached hydrogens (tertiary/aromatic N) is 2. The van der Waals surface area contributed by atoms with Crippen molar-refractivity contribution in [1.29, 1.82) is 0 Å². The van der Waals surface area contributed by atoms with Crippen molar-refractivity contribution in [1.82, 2.24) is 5.01 Å². The first kappa shape index (κ1) is 16.6. The summed E-state index contributed by atoms with van der Waals surface area (Å²) in [5, 5.41) is 6.99. The molecule has 0 aliphatic carbocycles. The van der Waals surface area contributed by atoms with E-state index >= 15 is 0 Å². The Morgan fingerprint density at radius 1 is 1.04 bits per heavy atom. The average Bonchev–Trinajstić information content (AvgIpc) is 3.28. The molecule has 2 aliphatic rings. The fourth-order valence-electron chi connectivity index (χ4n) is 3.75. The lowest BCUT2D eigenvalue weighted by Gasteiger charge is -2.38. The summed E-state index contributed by atoms with van der Waals surface area (Å²) in [6.07, 6.45) is 0.542. The number of fused-ring (bicyclic) bond motifs is 3. The molecule has 1 aromatic heterocycles. The van der Waals surface area contributed by atoms with Gasteiger partial charge in [0.05, 0.1) is 6.04 Å². The quantitative estimate of drug-likeness (QED) is 0.515. The SMILES string of the molecule is Cc1ccc([C@H]2Oc3ccc(Br)cc3[C@H]3CC(c4ccc(C)o4)=NN32)cc1. The van der Waals surface area contributed by atoms with E-state index in [4.69, 9.17) is 14.3 Å². The van der Waals surface area contributed by atoms with E-state index in [1.165, 1.54) is 5.56 Å². The first-order valence-corrected chi connectivity index (χ1v) is 9.83. The maximum Gasteiger partial charge on any atom is 0.213 e. The molecule has 2 aliphatic heterocycles. The number of furan rings is 1. The summed E-state index contributed by atoms with van der Waals surface area (Å²) in [5.41, 5.74) is 4.43. The zero-order chi connectivity index (χ0) is 18.5. The number of hydrogen-bond acceptors (Lipinski definition) is 4. The van der Waals surface area contributed by atoms with E-state index in [2.05, 4.69) is 58.2 Å². The summed E-state index contributed by atoms with van der Waals surface area (Å²) in [5.74, 6) is 2.64. The molecule has 4 nitrogen and oxygen atoms in total. The first-order chi connectivity index (χ1) is 13.1. The molecule has 0 amide bonds. The van der Waals surface area contributed by atoms with E-state index in [0.29, 0.717) is 0 Å². The highest BCUT2D eigenvalue weighted by atomic mass is 79.9. The second-order valence-electron chi connectivity index (χ2n) is 7.12. The zero-order valence-electron chi connectivity index (χ0n) is 15.1. The van der Waals surface area contributed by atoms with E-state index in [0.717, 1.165) is 45.0 Å². The van der Waals surface area contributed by atoms with Gasteiger partial charge >= 0.3 is 0 Å². The molecule has 0 saturated heterocycles. The molecule has 0 unspecified atom stereocenters. The van der Waals surface area contributed by atoms with Crippen LogP contribution < -0.4 is 4.74 Å². The fraction of sp³-hybridized carbons (Fsp3) is 0.227. The molecule has 136 valence electrons. The third-order valence-electron chi connectivity index (χ3n) is 5.14. The van der Waals surface area contributed by atoms with Gasteiger partial charge in [-0.2, -0.15) is 5.10 Å². The minimum Gasteiger partial charge on any atom is -0.464 e. The molecule has 0 saturated carbocycles. The molecular weight excluding hydrogens is 404 g/mol. The van der Waals surface area contributed by atoms with Crippen LogP contribution in [0.15, 0.2) is 68.6 Å². The van der Waals surface area contributed by atoms with E-state index in [1.807, 2.05) is 31.2 Å². The topological polar surface area (TPSA) is 38.0 Å². The molecule has 5 heteroatoms. The van der Waals surface area contributed by atoms with Crippen molar-refractivity contribution >= 4 is 21.6 Å². The van der Waals surface area contributed by atoms with Crippen molar-refractivity contribution in [3.05, 3.63) is 87.3 Å². The predicted octanol–water partition coefficient (Wildman–Crippen LogP) is 5.90.